The number of hydrogen-bond acceptors (Lipinski definition) is 2. The van der Waals surface area contributed by atoms with Crippen LogP contribution in [0.5, 0.6) is 0 Å². The van der Waals surface area contributed by atoms with E-state index in [4.69, 9.17) is 11.6 Å². The van der Waals surface area contributed by atoms with E-state index < -0.39 is 0 Å². The third kappa shape index (κ3) is 3.79. The second-order valence-corrected chi connectivity index (χ2v) is 3.43. The second-order valence-electron chi connectivity index (χ2n) is 3.05. The molecule has 1 N–H and O–H groups in total. The maximum atomic E-state index is 11.2. The Morgan fingerprint density at radius 1 is 1.71 bits per heavy atom. The standard InChI is InChI=1S/C9H14ClN3O/c1-13-6-4-8(12-13)7-11-9(14)3-2-5-10/h4,6H,2-3,5,7H2,1H3,(H,11,14). The van der Waals surface area contributed by atoms with E-state index in [1.54, 1.807) is 4.68 Å². The maximum absolute atomic E-state index is 11.2. The van der Waals surface area contributed by atoms with Gasteiger partial charge in [-0.2, -0.15) is 5.10 Å². The molecule has 0 saturated heterocycles. The second kappa shape index (κ2) is 5.65. The highest BCUT2D eigenvalue weighted by Gasteiger charge is 2.01. The Kier molecular flexibility index (Phi) is 4.46. The Morgan fingerprint density at radius 3 is 3.07 bits per heavy atom. The van der Waals surface area contributed by atoms with E-state index in [2.05, 4.69) is 10.4 Å². The van der Waals surface area contributed by atoms with E-state index in [9.17, 15) is 4.79 Å². The van der Waals surface area contributed by atoms with E-state index in [0.29, 0.717) is 18.8 Å². The van der Waals surface area contributed by atoms with Gasteiger partial charge in [-0.3, -0.25) is 9.48 Å². The molecule has 78 valence electrons. The lowest BCUT2D eigenvalue weighted by Gasteiger charge is -2.01. The summed E-state index contributed by atoms with van der Waals surface area (Å²) in [4.78, 5) is 11.2. The summed E-state index contributed by atoms with van der Waals surface area (Å²) in [7, 11) is 1.85. The van der Waals surface area contributed by atoms with Crippen LogP contribution in [0, 0.1) is 0 Å². The van der Waals surface area contributed by atoms with Gasteiger partial charge in [-0.25, -0.2) is 0 Å². The molecular formula is C9H14ClN3O. The quantitative estimate of drug-likeness (QED) is 0.747. The number of rotatable bonds is 5. The fourth-order valence-corrected chi connectivity index (χ4v) is 1.20. The minimum atomic E-state index is 0.0244. The van der Waals surface area contributed by atoms with Crippen LogP contribution in [0.2, 0.25) is 0 Å². The zero-order valence-corrected chi connectivity index (χ0v) is 8.92. The van der Waals surface area contributed by atoms with Crippen LogP contribution in [0.4, 0.5) is 0 Å². The van der Waals surface area contributed by atoms with Crippen LogP contribution in [-0.4, -0.2) is 21.6 Å². The molecule has 1 heterocycles. The van der Waals surface area contributed by atoms with Gasteiger partial charge in [0, 0.05) is 25.5 Å². The number of carbonyl (C=O) groups excluding carboxylic acids is 1. The first-order chi connectivity index (χ1) is 6.72. The SMILES string of the molecule is Cn1ccc(CNC(=O)CCCCl)n1. The van der Waals surface area contributed by atoms with Crippen LogP contribution in [0.1, 0.15) is 18.5 Å². The van der Waals surface area contributed by atoms with Crippen LogP contribution in [0.3, 0.4) is 0 Å². The molecule has 1 aromatic rings. The minimum Gasteiger partial charge on any atom is -0.350 e. The molecule has 0 aliphatic heterocycles. The fourth-order valence-electron chi connectivity index (χ4n) is 1.06. The Hall–Kier alpha value is -1.03. The minimum absolute atomic E-state index is 0.0244. The van der Waals surface area contributed by atoms with Gasteiger partial charge < -0.3 is 5.32 Å². The van der Waals surface area contributed by atoms with Crippen molar-refractivity contribution < 1.29 is 4.79 Å². The summed E-state index contributed by atoms with van der Waals surface area (Å²) in [5.74, 6) is 0.549. The highest BCUT2D eigenvalue weighted by atomic mass is 35.5. The van der Waals surface area contributed by atoms with Crippen molar-refractivity contribution in [3.05, 3.63) is 18.0 Å². The van der Waals surface area contributed by atoms with Gasteiger partial charge in [-0.1, -0.05) is 0 Å². The molecule has 1 rings (SSSR count). The predicted molar refractivity (Wildman–Crippen MR) is 55.0 cm³/mol. The van der Waals surface area contributed by atoms with Crippen molar-refractivity contribution in [1.82, 2.24) is 15.1 Å². The van der Waals surface area contributed by atoms with Crippen molar-refractivity contribution in [1.29, 1.82) is 0 Å². The molecule has 1 amide bonds. The Labute approximate surface area is 88.2 Å². The Balaban J connectivity index is 2.23. The number of carbonyl (C=O) groups is 1. The van der Waals surface area contributed by atoms with Crippen molar-refractivity contribution in [2.45, 2.75) is 19.4 Å². The summed E-state index contributed by atoms with van der Waals surface area (Å²) in [6.45, 7) is 0.488. The van der Waals surface area contributed by atoms with Crippen LogP contribution in [0.25, 0.3) is 0 Å². The monoisotopic (exact) mass is 215 g/mol. The third-order valence-electron chi connectivity index (χ3n) is 1.77. The van der Waals surface area contributed by atoms with Crippen molar-refractivity contribution in [3.63, 3.8) is 0 Å². The topological polar surface area (TPSA) is 46.9 Å². The molecule has 0 spiro atoms. The number of amides is 1. The summed E-state index contributed by atoms with van der Waals surface area (Å²) in [5.41, 5.74) is 0.867. The molecule has 0 aromatic carbocycles. The van der Waals surface area contributed by atoms with Crippen LogP contribution < -0.4 is 5.32 Å². The number of halogens is 1. The number of aromatic nitrogens is 2. The van der Waals surface area contributed by atoms with Crippen molar-refractivity contribution >= 4 is 17.5 Å². The van der Waals surface area contributed by atoms with Gasteiger partial charge >= 0.3 is 0 Å². The molecule has 0 aliphatic carbocycles. The zero-order chi connectivity index (χ0) is 10.4. The van der Waals surface area contributed by atoms with Crippen molar-refractivity contribution in [3.8, 4) is 0 Å². The molecule has 0 bridgehead atoms. The average Bonchev–Trinajstić information content (AvgIpc) is 2.58. The fraction of sp³-hybridized carbons (Fsp3) is 0.556. The van der Waals surface area contributed by atoms with E-state index in [1.165, 1.54) is 0 Å². The van der Waals surface area contributed by atoms with Gasteiger partial charge in [0.1, 0.15) is 0 Å². The zero-order valence-electron chi connectivity index (χ0n) is 8.16. The molecule has 5 heteroatoms. The van der Waals surface area contributed by atoms with Crippen LogP contribution in [-0.2, 0) is 18.4 Å². The van der Waals surface area contributed by atoms with Gasteiger partial charge in [0.05, 0.1) is 12.2 Å². The molecule has 0 fully saturated rings. The lowest BCUT2D eigenvalue weighted by Crippen LogP contribution is -2.22. The number of nitrogens with one attached hydrogen (secondary N) is 1. The summed E-state index contributed by atoms with van der Waals surface area (Å²) >= 11 is 5.47. The molecule has 0 radical (unpaired) electrons. The Bertz CT molecular complexity index is 298. The first kappa shape index (κ1) is 11.0. The van der Waals surface area contributed by atoms with Crippen LogP contribution in [0.15, 0.2) is 12.3 Å². The molecule has 14 heavy (non-hydrogen) atoms. The molecular weight excluding hydrogens is 202 g/mol. The smallest absolute Gasteiger partial charge is 0.220 e. The number of nitrogens with zero attached hydrogens (tertiary/aromatic N) is 2. The van der Waals surface area contributed by atoms with Gasteiger partial charge in [-0.15, -0.1) is 11.6 Å². The summed E-state index contributed by atoms with van der Waals surface area (Å²) in [6.07, 6.45) is 3.05. The highest BCUT2D eigenvalue weighted by Crippen LogP contribution is 1.95. The molecule has 0 unspecified atom stereocenters. The average molecular weight is 216 g/mol. The summed E-state index contributed by atoms with van der Waals surface area (Å²) < 4.78 is 1.71. The highest BCUT2D eigenvalue weighted by molar-refractivity contribution is 6.17. The molecule has 0 saturated carbocycles. The van der Waals surface area contributed by atoms with E-state index in [-0.39, 0.29) is 5.91 Å². The third-order valence-corrected chi connectivity index (χ3v) is 2.04. The first-order valence-corrected chi connectivity index (χ1v) is 5.07. The number of aryl methyl sites for hydroxylation is 1. The van der Waals surface area contributed by atoms with Crippen molar-refractivity contribution in [2.24, 2.45) is 7.05 Å². The Morgan fingerprint density at radius 2 is 2.50 bits per heavy atom. The van der Waals surface area contributed by atoms with Gasteiger partial charge in [-0.05, 0) is 12.5 Å². The lowest BCUT2D eigenvalue weighted by atomic mass is 10.3. The number of alkyl halides is 1. The normalized spacial score (nSPS) is 10.1. The van der Waals surface area contributed by atoms with Gasteiger partial charge in [0.2, 0.25) is 5.91 Å². The van der Waals surface area contributed by atoms with Crippen molar-refractivity contribution in [2.75, 3.05) is 5.88 Å². The maximum Gasteiger partial charge on any atom is 0.220 e. The molecule has 1 aromatic heterocycles. The lowest BCUT2D eigenvalue weighted by molar-refractivity contribution is -0.121. The van der Waals surface area contributed by atoms with Crippen LogP contribution >= 0.6 is 11.6 Å². The number of hydrogen-bond donors (Lipinski definition) is 1. The molecule has 0 aliphatic rings. The van der Waals surface area contributed by atoms with E-state index in [1.807, 2.05) is 19.3 Å². The van der Waals surface area contributed by atoms with Gasteiger partial charge in [0.15, 0.2) is 0 Å². The summed E-state index contributed by atoms with van der Waals surface area (Å²) in [6, 6.07) is 1.88. The van der Waals surface area contributed by atoms with E-state index in [0.717, 1.165) is 12.1 Å². The molecule has 4 nitrogen and oxygen atoms in total. The predicted octanol–water partition coefficient (Wildman–Crippen LogP) is 1.06. The largest absolute Gasteiger partial charge is 0.350 e. The van der Waals surface area contributed by atoms with E-state index >= 15 is 0 Å². The first-order valence-electron chi connectivity index (χ1n) is 4.53. The molecule has 0 atom stereocenters. The summed E-state index contributed by atoms with van der Waals surface area (Å²) in [5, 5.41) is 6.91. The van der Waals surface area contributed by atoms with Gasteiger partial charge in [0.25, 0.3) is 0 Å².